The minimum atomic E-state index is -0.301. The molecule has 0 saturated carbocycles. The molecule has 5 nitrogen and oxygen atoms in total. The third-order valence-corrected chi connectivity index (χ3v) is 5.76. The van der Waals surface area contributed by atoms with Crippen LogP contribution in [0, 0.1) is 5.82 Å². The van der Waals surface area contributed by atoms with Crippen LogP contribution in [0.3, 0.4) is 0 Å². The zero-order chi connectivity index (χ0) is 21.7. The van der Waals surface area contributed by atoms with Gasteiger partial charge in [-0.15, -0.1) is 0 Å². The largest absolute Gasteiger partial charge is 0.457 e. The number of aromatic nitrogens is 1. The Morgan fingerprint density at radius 3 is 2.32 bits per heavy atom. The fourth-order valence-electron chi connectivity index (χ4n) is 3.91. The van der Waals surface area contributed by atoms with Crippen LogP contribution in [-0.2, 0) is 0 Å². The molecule has 6 heteroatoms. The molecule has 0 unspecified atom stereocenters. The Bertz CT molecular complexity index is 1030. The van der Waals surface area contributed by atoms with E-state index in [1.807, 2.05) is 36.4 Å². The van der Waals surface area contributed by atoms with Gasteiger partial charge in [0, 0.05) is 18.4 Å². The summed E-state index contributed by atoms with van der Waals surface area (Å²) in [6.07, 6.45) is 2.53. The van der Waals surface area contributed by atoms with Gasteiger partial charge < -0.3 is 14.5 Å². The number of hydrogen-bond donors (Lipinski definition) is 1. The highest BCUT2D eigenvalue weighted by Gasteiger charge is 2.26. The van der Waals surface area contributed by atoms with Gasteiger partial charge in [-0.25, -0.2) is 9.37 Å². The third-order valence-electron chi connectivity index (χ3n) is 5.76. The van der Waals surface area contributed by atoms with E-state index in [9.17, 15) is 9.18 Å². The average Bonchev–Trinajstić information content (AvgIpc) is 3.22. The predicted octanol–water partition coefficient (Wildman–Crippen LogP) is 4.65. The lowest BCUT2D eigenvalue weighted by Gasteiger charge is -2.29. The van der Waals surface area contributed by atoms with Crippen LogP contribution in [0.2, 0.25) is 0 Å². The summed E-state index contributed by atoms with van der Waals surface area (Å²) in [7, 11) is 2.25. The molecule has 4 rings (SSSR count). The van der Waals surface area contributed by atoms with Crippen molar-refractivity contribution < 1.29 is 18.4 Å². The summed E-state index contributed by atoms with van der Waals surface area (Å²) >= 11 is 0. The molecule has 0 spiro atoms. The number of nitrogens with one attached hydrogen (secondary N) is 1. The summed E-state index contributed by atoms with van der Waals surface area (Å²) in [5, 5.41) is 3.01. The van der Waals surface area contributed by atoms with Gasteiger partial charge in [0.1, 0.15) is 23.0 Å². The summed E-state index contributed by atoms with van der Waals surface area (Å²) in [6.45, 7) is 3.96. The highest BCUT2D eigenvalue weighted by Crippen LogP contribution is 2.25. The van der Waals surface area contributed by atoms with Gasteiger partial charge in [0.05, 0.1) is 38.9 Å². The molecular formula is C25H27FN3O2+. The van der Waals surface area contributed by atoms with Gasteiger partial charge in [-0.05, 0) is 60.7 Å². The van der Waals surface area contributed by atoms with E-state index in [4.69, 9.17) is 4.74 Å². The van der Waals surface area contributed by atoms with Gasteiger partial charge in [-0.3, -0.25) is 4.79 Å². The van der Waals surface area contributed by atoms with Crippen LogP contribution in [0.5, 0.6) is 11.5 Å². The topological polar surface area (TPSA) is 51.2 Å². The van der Waals surface area contributed by atoms with E-state index in [-0.39, 0.29) is 11.7 Å². The molecule has 2 aromatic carbocycles. The second-order valence-electron chi connectivity index (χ2n) is 8.24. The summed E-state index contributed by atoms with van der Waals surface area (Å²) in [5.41, 5.74) is 2.02. The predicted molar refractivity (Wildman–Crippen MR) is 118 cm³/mol. The fourth-order valence-corrected chi connectivity index (χ4v) is 3.91. The van der Waals surface area contributed by atoms with E-state index >= 15 is 0 Å². The standard InChI is InChI=1S/C25H26FN3O2/c1-29(16-2-3-17-29)18-15-27-25(30)24-6-4-5-23(28-24)19-7-11-21(12-8-19)31-22-13-9-20(26)10-14-22/h4-14H,2-3,15-18H2,1H3/p+1. The quantitative estimate of drug-likeness (QED) is 0.566. The van der Waals surface area contributed by atoms with Gasteiger partial charge in [-0.1, -0.05) is 6.07 Å². The highest BCUT2D eigenvalue weighted by molar-refractivity contribution is 5.92. The SMILES string of the molecule is C[N+]1(CCNC(=O)c2cccc(-c3ccc(Oc4ccc(F)cc4)cc3)n2)CCCC1. The number of nitrogens with zero attached hydrogens (tertiary/aromatic N) is 2. The molecule has 1 aromatic heterocycles. The molecule has 31 heavy (non-hydrogen) atoms. The van der Waals surface area contributed by atoms with Crippen molar-refractivity contribution in [2.75, 3.05) is 33.2 Å². The molecule has 2 heterocycles. The Labute approximate surface area is 182 Å². The molecule has 0 aliphatic carbocycles. The Morgan fingerprint density at radius 2 is 1.65 bits per heavy atom. The van der Waals surface area contributed by atoms with Gasteiger partial charge in [0.15, 0.2) is 0 Å². The monoisotopic (exact) mass is 420 g/mol. The maximum absolute atomic E-state index is 13.0. The lowest BCUT2D eigenvalue weighted by molar-refractivity contribution is -0.896. The number of amides is 1. The third kappa shape index (κ3) is 5.47. The number of ether oxygens (including phenoxy) is 1. The first-order valence-corrected chi connectivity index (χ1v) is 10.6. The van der Waals surface area contributed by atoms with Crippen LogP contribution in [0.15, 0.2) is 66.7 Å². The first kappa shape index (κ1) is 21.0. The number of benzene rings is 2. The molecule has 1 fully saturated rings. The number of carbonyl (C=O) groups excluding carboxylic acids is 1. The fraction of sp³-hybridized carbons (Fsp3) is 0.280. The average molecular weight is 421 g/mol. The molecule has 1 amide bonds. The smallest absolute Gasteiger partial charge is 0.270 e. The maximum atomic E-state index is 13.0. The summed E-state index contributed by atoms with van der Waals surface area (Å²) in [5.74, 6) is 0.757. The van der Waals surface area contributed by atoms with E-state index < -0.39 is 0 Å². The Morgan fingerprint density at radius 1 is 1.00 bits per heavy atom. The number of rotatable bonds is 7. The van der Waals surface area contributed by atoms with Crippen LogP contribution in [0.1, 0.15) is 23.3 Å². The summed E-state index contributed by atoms with van der Waals surface area (Å²) in [4.78, 5) is 17.1. The molecule has 160 valence electrons. The lowest BCUT2D eigenvalue weighted by atomic mass is 10.1. The highest BCUT2D eigenvalue weighted by atomic mass is 19.1. The molecule has 0 bridgehead atoms. The van der Waals surface area contributed by atoms with E-state index in [1.165, 1.54) is 38.1 Å². The van der Waals surface area contributed by atoms with E-state index in [0.29, 0.717) is 23.7 Å². The van der Waals surface area contributed by atoms with Crippen molar-refractivity contribution in [3.05, 3.63) is 78.2 Å². The maximum Gasteiger partial charge on any atom is 0.270 e. The molecule has 1 N–H and O–H groups in total. The molecule has 1 saturated heterocycles. The van der Waals surface area contributed by atoms with E-state index in [2.05, 4.69) is 17.3 Å². The summed E-state index contributed by atoms with van der Waals surface area (Å²) < 4.78 is 19.8. The van der Waals surface area contributed by atoms with E-state index in [0.717, 1.165) is 22.3 Å². The first-order chi connectivity index (χ1) is 15.0. The van der Waals surface area contributed by atoms with Crippen LogP contribution < -0.4 is 10.1 Å². The lowest BCUT2D eigenvalue weighted by Crippen LogP contribution is -2.46. The van der Waals surface area contributed by atoms with Gasteiger partial charge in [0.25, 0.3) is 5.91 Å². The molecule has 0 atom stereocenters. The van der Waals surface area contributed by atoms with Crippen LogP contribution >= 0.6 is 0 Å². The van der Waals surface area contributed by atoms with Crippen LogP contribution in [0.25, 0.3) is 11.3 Å². The Hall–Kier alpha value is -3.25. The van der Waals surface area contributed by atoms with Crippen molar-refractivity contribution in [3.63, 3.8) is 0 Å². The van der Waals surface area contributed by atoms with Crippen molar-refractivity contribution in [3.8, 4) is 22.8 Å². The minimum Gasteiger partial charge on any atom is -0.457 e. The van der Waals surface area contributed by atoms with Crippen molar-refractivity contribution >= 4 is 5.91 Å². The number of quaternary nitrogens is 1. The van der Waals surface area contributed by atoms with Crippen molar-refractivity contribution in [1.82, 2.24) is 10.3 Å². The number of pyridine rings is 1. The Balaban J connectivity index is 1.38. The normalized spacial score (nSPS) is 14.9. The second kappa shape index (κ2) is 9.27. The number of halogens is 1. The number of likely N-dealkylation sites (tertiary alicyclic amines) is 1. The zero-order valence-electron chi connectivity index (χ0n) is 17.7. The second-order valence-corrected chi connectivity index (χ2v) is 8.24. The van der Waals surface area contributed by atoms with Gasteiger partial charge in [-0.2, -0.15) is 0 Å². The molecule has 0 radical (unpaired) electrons. The molecule has 1 aliphatic rings. The number of hydrogen-bond acceptors (Lipinski definition) is 3. The van der Waals surface area contributed by atoms with Crippen LogP contribution in [0.4, 0.5) is 4.39 Å². The van der Waals surface area contributed by atoms with Crippen molar-refractivity contribution in [2.24, 2.45) is 0 Å². The number of likely N-dealkylation sites (N-methyl/N-ethyl adjacent to an activating group) is 1. The van der Waals surface area contributed by atoms with Crippen LogP contribution in [-0.4, -0.2) is 48.6 Å². The zero-order valence-corrected chi connectivity index (χ0v) is 17.7. The van der Waals surface area contributed by atoms with E-state index in [1.54, 1.807) is 18.2 Å². The van der Waals surface area contributed by atoms with Crippen molar-refractivity contribution in [2.45, 2.75) is 12.8 Å². The van der Waals surface area contributed by atoms with Gasteiger partial charge >= 0.3 is 0 Å². The summed E-state index contributed by atoms with van der Waals surface area (Å²) in [6, 6.07) is 18.8. The Kier molecular flexibility index (Phi) is 6.28. The number of carbonyl (C=O) groups is 1. The minimum absolute atomic E-state index is 0.149. The first-order valence-electron chi connectivity index (χ1n) is 10.6. The molecule has 3 aromatic rings. The van der Waals surface area contributed by atoms with Crippen molar-refractivity contribution in [1.29, 1.82) is 0 Å². The van der Waals surface area contributed by atoms with Gasteiger partial charge in [0.2, 0.25) is 0 Å². The molecule has 1 aliphatic heterocycles. The molecular weight excluding hydrogens is 393 g/mol.